The first-order valence-corrected chi connectivity index (χ1v) is 7.54. The van der Waals surface area contributed by atoms with Crippen LogP contribution in [0.3, 0.4) is 0 Å². The molecule has 0 amide bonds. The van der Waals surface area contributed by atoms with Gasteiger partial charge in [-0.2, -0.15) is 4.72 Å². The number of aliphatic carboxylic acids is 2. The lowest BCUT2D eigenvalue weighted by atomic mass is 10.3. The molecular weight excluding hydrogens is 292 g/mol. The second-order valence-corrected chi connectivity index (χ2v) is 5.86. The van der Waals surface area contributed by atoms with Gasteiger partial charge in [0.25, 0.3) is 0 Å². The summed E-state index contributed by atoms with van der Waals surface area (Å²) in [5.41, 5.74) is 4.84. The highest BCUT2D eigenvalue weighted by molar-refractivity contribution is 7.89. The minimum atomic E-state index is -3.59. The molecule has 0 aromatic rings. The fraction of sp³-hybridized carbons (Fsp3) is 0.800. The summed E-state index contributed by atoms with van der Waals surface area (Å²) in [4.78, 5) is 20.0. The quantitative estimate of drug-likeness (QED) is 0.363. The Balaban J connectivity index is 0. The van der Waals surface area contributed by atoms with Crippen LogP contribution in [-0.4, -0.2) is 60.1 Å². The minimum Gasteiger partial charge on any atom is -0.480 e. The number of sulfonamides is 1. The van der Waals surface area contributed by atoms with Crippen molar-refractivity contribution in [3.05, 3.63) is 0 Å². The van der Waals surface area contributed by atoms with E-state index in [2.05, 4.69) is 0 Å². The topological polar surface area (TPSA) is 167 Å². The highest BCUT2D eigenvalue weighted by Gasteiger charge is 2.22. The number of nitrogens with two attached hydrogens (primary N) is 1. The van der Waals surface area contributed by atoms with Crippen LogP contribution in [0.4, 0.5) is 0 Å². The summed E-state index contributed by atoms with van der Waals surface area (Å²) >= 11 is 0. The van der Waals surface area contributed by atoms with Crippen LogP contribution in [-0.2, 0) is 19.6 Å². The normalized spacial score (nSPS) is 13.8. The zero-order valence-electron chi connectivity index (χ0n) is 11.4. The Hall–Kier alpha value is -1.23. The second kappa shape index (κ2) is 10.5. The molecule has 0 bridgehead atoms. The summed E-state index contributed by atoms with van der Waals surface area (Å²) in [5.74, 6) is -2.46. The van der Waals surface area contributed by atoms with Crippen molar-refractivity contribution in [3.63, 3.8) is 0 Å². The lowest BCUT2D eigenvalue weighted by Gasteiger charge is -2.11. The molecule has 0 rings (SSSR count). The smallest absolute Gasteiger partial charge is 0.324 e. The molecule has 0 aromatic carbocycles. The number of rotatable bonds is 8. The Kier molecular flexibility index (Phi) is 11.1. The highest BCUT2D eigenvalue weighted by Crippen LogP contribution is 1.95. The zero-order valence-corrected chi connectivity index (χ0v) is 12.3. The molecule has 0 aromatic heterocycles. The molecule has 0 spiro atoms. The van der Waals surface area contributed by atoms with Crippen LogP contribution in [0.25, 0.3) is 0 Å². The van der Waals surface area contributed by atoms with Gasteiger partial charge in [-0.3, -0.25) is 9.59 Å². The van der Waals surface area contributed by atoms with Gasteiger partial charge < -0.3 is 21.1 Å². The van der Waals surface area contributed by atoms with Crippen molar-refractivity contribution in [2.45, 2.75) is 38.8 Å². The third kappa shape index (κ3) is 11.8. The number of carboxylic acids is 2. The third-order valence-corrected chi connectivity index (χ3v) is 3.43. The molecule has 0 fully saturated rings. The predicted octanol–water partition coefficient (Wildman–Crippen LogP) is -1.43. The van der Waals surface area contributed by atoms with Crippen molar-refractivity contribution in [1.82, 2.24) is 4.72 Å². The largest absolute Gasteiger partial charge is 0.480 e. The van der Waals surface area contributed by atoms with E-state index in [1.807, 2.05) is 11.6 Å². The van der Waals surface area contributed by atoms with Gasteiger partial charge in [-0.1, -0.05) is 13.3 Å². The number of unbranched alkanes of at least 4 members (excludes halogenated alkanes) is 1. The first-order chi connectivity index (χ1) is 9.07. The Labute approximate surface area is 117 Å². The number of nitrogens with one attached hydrogen (secondary N) is 1. The Morgan fingerprint density at radius 1 is 1.25 bits per heavy atom. The molecule has 0 unspecified atom stereocenters. The molecular formula is C10H22N2O7S. The molecule has 10 heteroatoms. The summed E-state index contributed by atoms with van der Waals surface area (Å²) in [6.07, 6.45) is 1.17. The van der Waals surface area contributed by atoms with E-state index in [0.717, 1.165) is 0 Å². The fourth-order valence-corrected chi connectivity index (χ4v) is 2.17. The maximum atomic E-state index is 11.2. The first kappa shape index (κ1) is 21.1. The molecule has 20 heavy (non-hydrogen) atoms. The number of hydrogen-bond acceptors (Lipinski definition) is 6. The molecule has 0 heterocycles. The lowest BCUT2D eigenvalue weighted by molar-refractivity contribution is -0.140. The van der Waals surface area contributed by atoms with Crippen LogP contribution in [0, 0.1) is 0 Å². The zero-order chi connectivity index (χ0) is 16.3. The van der Waals surface area contributed by atoms with Gasteiger partial charge >= 0.3 is 11.9 Å². The summed E-state index contributed by atoms with van der Waals surface area (Å²) in [5, 5.41) is 24.9. The van der Waals surface area contributed by atoms with E-state index in [1.165, 1.54) is 6.92 Å². The van der Waals surface area contributed by atoms with Gasteiger partial charge in [0.1, 0.15) is 12.1 Å². The maximum Gasteiger partial charge on any atom is 0.324 e. The number of hydrogen-bond donors (Lipinski definition) is 5. The molecule has 0 radical (unpaired) electrons. The van der Waals surface area contributed by atoms with E-state index in [-0.39, 0.29) is 5.75 Å². The molecule has 2 atom stereocenters. The molecule has 9 nitrogen and oxygen atoms in total. The average Bonchev–Trinajstić information content (AvgIpc) is 2.34. The Morgan fingerprint density at radius 2 is 1.70 bits per heavy atom. The van der Waals surface area contributed by atoms with Crippen LogP contribution < -0.4 is 10.5 Å². The Bertz CT molecular complexity index is 394. The van der Waals surface area contributed by atoms with Gasteiger partial charge in [-0.25, -0.2) is 8.42 Å². The summed E-state index contributed by atoms with van der Waals surface area (Å²) in [7, 11) is -3.59. The van der Waals surface area contributed by atoms with Crippen molar-refractivity contribution in [3.8, 4) is 0 Å². The molecule has 0 aliphatic rings. The number of aliphatic hydroxyl groups is 1. The van der Waals surface area contributed by atoms with Gasteiger partial charge in [0.05, 0.1) is 12.4 Å². The SMILES string of the molecule is CCCCS(=O)(=O)N[C@H](CO)C(=O)O.C[C@H](N)C(=O)O. The van der Waals surface area contributed by atoms with E-state index < -0.39 is 40.7 Å². The van der Waals surface area contributed by atoms with Gasteiger partial charge in [0, 0.05) is 0 Å². The highest BCUT2D eigenvalue weighted by atomic mass is 32.2. The van der Waals surface area contributed by atoms with Crippen molar-refractivity contribution < 1.29 is 33.3 Å². The molecule has 120 valence electrons. The van der Waals surface area contributed by atoms with Gasteiger partial charge in [0.2, 0.25) is 10.0 Å². The predicted molar refractivity (Wildman–Crippen MR) is 71.6 cm³/mol. The van der Waals surface area contributed by atoms with Gasteiger partial charge in [0.15, 0.2) is 0 Å². The Morgan fingerprint density at radius 3 is 1.95 bits per heavy atom. The summed E-state index contributed by atoms with van der Waals surface area (Å²) in [6.45, 7) is 2.50. The standard InChI is InChI=1S/C7H15NO5S.C3H7NO2/c1-2-3-4-14(12,13)8-6(5-9)7(10)11;1-2(4)3(5)6/h6,8-9H,2-5H2,1H3,(H,10,11);2H,4H2,1H3,(H,5,6)/t6-;2-/m10/s1. The first-order valence-electron chi connectivity index (χ1n) is 5.89. The van der Waals surface area contributed by atoms with E-state index >= 15 is 0 Å². The van der Waals surface area contributed by atoms with Crippen molar-refractivity contribution >= 4 is 22.0 Å². The van der Waals surface area contributed by atoms with Crippen LogP contribution in [0.5, 0.6) is 0 Å². The second-order valence-electron chi connectivity index (χ2n) is 3.99. The van der Waals surface area contributed by atoms with E-state index in [9.17, 15) is 18.0 Å². The van der Waals surface area contributed by atoms with E-state index in [1.54, 1.807) is 0 Å². The van der Waals surface area contributed by atoms with Gasteiger partial charge in [-0.05, 0) is 13.3 Å². The van der Waals surface area contributed by atoms with Crippen molar-refractivity contribution in [1.29, 1.82) is 0 Å². The molecule has 0 aliphatic heterocycles. The van der Waals surface area contributed by atoms with Crippen LogP contribution in [0.2, 0.25) is 0 Å². The van der Waals surface area contributed by atoms with Crippen LogP contribution >= 0.6 is 0 Å². The van der Waals surface area contributed by atoms with Crippen molar-refractivity contribution in [2.24, 2.45) is 5.73 Å². The summed E-state index contributed by atoms with van der Waals surface area (Å²) < 4.78 is 24.3. The van der Waals surface area contributed by atoms with E-state index in [4.69, 9.17) is 21.1 Å². The van der Waals surface area contributed by atoms with E-state index in [0.29, 0.717) is 12.8 Å². The summed E-state index contributed by atoms with van der Waals surface area (Å²) in [6, 6.07) is -2.18. The molecule has 0 saturated carbocycles. The van der Waals surface area contributed by atoms with Crippen molar-refractivity contribution in [2.75, 3.05) is 12.4 Å². The van der Waals surface area contributed by atoms with Crippen LogP contribution in [0.15, 0.2) is 0 Å². The number of carboxylic acid groups (broad SMARTS) is 2. The fourth-order valence-electron chi connectivity index (χ4n) is 0.776. The maximum absolute atomic E-state index is 11.2. The number of carbonyl (C=O) groups is 2. The van der Waals surface area contributed by atoms with Gasteiger partial charge in [-0.15, -0.1) is 0 Å². The molecule has 0 saturated heterocycles. The third-order valence-electron chi connectivity index (χ3n) is 1.96. The van der Waals surface area contributed by atoms with Crippen LogP contribution in [0.1, 0.15) is 26.7 Å². The molecule has 6 N–H and O–H groups in total. The minimum absolute atomic E-state index is 0.118. The monoisotopic (exact) mass is 314 g/mol. The number of aliphatic hydroxyl groups excluding tert-OH is 1. The molecule has 0 aliphatic carbocycles. The average molecular weight is 314 g/mol. The lowest BCUT2D eigenvalue weighted by Crippen LogP contribution is -2.44.